The van der Waals surface area contributed by atoms with Gasteiger partial charge in [-0.3, -0.25) is 4.79 Å². The van der Waals surface area contributed by atoms with Crippen LogP contribution in [-0.2, 0) is 4.79 Å². The third-order valence-electron chi connectivity index (χ3n) is 3.98. The number of nitrogens with two attached hydrogens (primary N) is 1. The Morgan fingerprint density at radius 2 is 2.28 bits per heavy atom. The summed E-state index contributed by atoms with van der Waals surface area (Å²) in [6.07, 6.45) is 3.45. The van der Waals surface area contributed by atoms with Crippen LogP contribution in [0.5, 0.6) is 0 Å². The van der Waals surface area contributed by atoms with Crippen LogP contribution in [0.2, 0.25) is 0 Å². The number of aryl methyl sites for hydroxylation is 1. The summed E-state index contributed by atoms with van der Waals surface area (Å²) in [6, 6.07) is 2.27. The molecular weight excluding hydrogens is 228 g/mol. The number of carbonyl (C=O) groups excluding carboxylic acids is 1. The largest absolute Gasteiger partial charge is 0.396 e. The van der Waals surface area contributed by atoms with Crippen molar-refractivity contribution in [2.45, 2.75) is 25.8 Å². The molecular formula is C13H18N4O. The van der Waals surface area contributed by atoms with Gasteiger partial charge in [-0.1, -0.05) is 0 Å². The molecule has 2 N–H and O–H groups in total. The minimum atomic E-state index is 0.296. The first-order chi connectivity index (χ1) is 8.66. The number of pyridine rings is 1. The average molecular weight is 246 g/mol. The normalized spacial score (nSPS) is 23.4. The summed E-state index contributed by atoms with van der Waals surface area (Å²) >= 11 is 0. The van der Waals surface area contributed by atoms with Gasteiger partial charge in [-0.2, -0.15) is 0 Å². The molecule has 3 rings (SSSR count). The zero-order valence-corrected chi connectivity index (χ0v) is 10.6. The third-order valence-corrected chi connectivity index (χ3v) is 3.98. The number of piperazine rings is 1. The maximum atomic E-state index is 11.6. The minimum absolute atomic E-state index is 0.296. The van der Waals surface area contributed by atoms with Gasteiger partial charge in [0.1, 0.15) is 0 Å². The van der Waals surface area contributed by atoms with Crippen LogP contribution in [0.25, 0.3) is 0 Å². The molecule has 0 spiro atoms. The molecule has 0 radical (unpaired) electrons. The SMILES string of the molecule is Cc1ccnc(N2CCN3C(=O)CCC3C2)c1N. The highest BCUT2D eigenvalue weighted by Crippen LogP contribution is 2.29. The van der Waals surface area contributed by atoms with Crippen molar-refractivity contribution in [3.63, 3.8) is 0 Å². The van der Waals surface area contributed by atoms with E-state index in [4.69, 9.17) is 5.73 Å². The van der Waals surface area contributed by atoms with E-state index in [2.05, 4.69) is 9.88 Å². The van der Waals surface area contributed by atoms with E-state index in [0.717, 1.165) is 43.1 Å². The van der Waals surface area contributed by atoms with Crippen molar-refractivity contribution in [1.29, 1.82) is 0 Å². The van der Waals surface area contributed by atoms with Gasteiger partial charge >= 0.3 is 0 Å². The first-order valence-electron chi connectivity index (χ1n) is 6.42. The van der Waals surface area contributed by atoms with E-state index in [9.17, 15) is 4.79 Å². The van der Waals surface area contributed by atoms with Crippen LogP contribution in [0.4, 0.5) is 11.5 Å². The van der Waals surface area contributed by atoms with E-state index >= 15 is 0 Å². The summed E-state index contributed by atoms with van der Waals surface area (Å²) in [7, 11) is 0. The molecule has 2 aliphatic heterocycles. The van der Waals surface area contributed by atoms with Crippen LogP contribution < -0.4 is 10.6 Å². The lowest BCUT2D eigenvalue weighted by Crippen LogP contribution is -2.51. The Morgan fingerprint density at radius 3 is 3.11 bits per heavy atom. The van der Waals surface area contributed by atoms with Gasteiger partial charge < -0.3 is 15.5 Å². The molecule has 1 aromatic rings. The smallest absolute Gasteiger partial charge is 0.223 e. The van der Waals surface area contributed by atoms with Gasteiger partial charge in [0.2, 0.25) is 5.91 Å². The van der Waals surface area contributed by atoms with E-state index in [1.54, 1.807) is 6.20 Å². The van der Waals surface area contributed by atoms with Crippen LogP contribution in [0.15, 0.2) is 12.3 Å². The molecule has 0 saturated carbocycles. The van der Waals surface area contributed by atoms with Gasteiger partial charge in [-0.25, -0.2) is 4.98 Å². The maximum absolute atomic E-state index is 11.6. The molecule has 1 unspecified atom stereocenters. The third kappa shape index (κ3) is 1.70. The van der Waals surface area contributed by atoms with Gasteiger partial charge in [0.15, 0.2) is 5.82 Å². The summed E-state index contributed by atoms with van der Waals surface area (Å²) < 4.78 is 0. The summed E-state index contributed by atoms with van der Waals surface area (Å²) in [5, 5.41) is 0. The first-order valence-corrected chi connectivity index (χ1v) is 6.42. The zero-order chi connectivity index (χ0) is 12.7. The number of nitrogen functional groups attached to an aromatic ring is 1. The molecule has 3 heterocycles. The molecule has 2 fully saturated rings. The molecule has 18 heavy (non-hydrogen) atoms. The number of hydrogen-bond acceptors (Lipinski definition) is 4. The minimum Gasteiger partial charge on any atom is -0.396 e. The second kappa shape index (κ2) is 4.15. The van der Waals surface area contributed by atoms with E-state index in [-0.39, 0.29) is 0 Å². The van der Waals surface area contributed by atoms with Crippen LogP contribution in [-0.4, -0.2) is 41.5 Å². The van der Waals surface area contributed by atoms with E-state index < -0.39 is 0 Å². The van der Waals surface area contributed by atoms with Crippen molar-refractivity contribution in [2.75, 3.05) is 30.3 Å². The fraction of sp³-hybridized carbons (Fsp3) is 0.538. The number of aromatic nitrogens is 1. The lowest BCUT2D eigenvalue weighted by Gasteiger charge is -2.38. The number of anilines is 2. The van der Waals surface area contributed by atoms with Crippen LogP contribution >= 0.6 is 0 Å². The van der Waals surface area contributed by atoms with Gasteiger partial charge in [0.25, 0.3) is 0 Å². The lowest BCUT2D eigenvalue weighted by molar-refractivity contribution is -0.129. The van der Waals surface area contributed by atoms with Gasteiger partial charge in [0, 0.05) is 38.3 Å². The summed E-state index contributed by atoms with van der Waals surface area (Å²) in [6.45, 7) is 4.46. The number of rotatable bonds is 1. The molecule has 1 atom stereocenters. The van der Waals surface area contributed by atoms with Gasteiger partial charge in [-0.05, 0) is 25.0 Å². The highest BCUT2D eigenvalue weighted by atomic mass is 16.2. The first kappa shape index (κ1) is 11.3. The predicted molar refractivity (Wildman–Crippen MR) is 70.3 cm³/mol. The van der Waals surface area contributed by atoms with Crippen molar-refractivity contribution in [3.8, 4) is 0 Å². The molecule has 2 saturated heterocycles. The van der Waals surface area contributed by atoms with Crippen molar-refractivity contribution < 1.29 is 4.79 Å². The van der Waals surface area contributed by atoms with Crippen LogP contribution in [0.3, 0.4) is 0 Å². The van der Waals surface area contributed by atoms with Crippen molar-refractivity contribution in [3.05, 3.63) is 17.8 Å². The van der Waals surface area contributed by atoms with E-state index in [1.807, 2.05) is 17.9 Å². The fourth-order valence-corrected chi connectivity index (χ4v) is 2.86. The monoisotopic (exact) mass is 246 g/mol. The molecule has 5 heteroatoms. The summed E-state index contributed by atoms with van der Waals surface area (Å²) in [4.78, 5) is 20.2. The molecule has 1 aromatic heterocycles. The number of hydrogen-bond donors (Lipinski definition) is 1. The van der Waals surface area contributed by atoms with E-state index in [0.29, 0.717) is 18.4 Å². The zero-order valence-electron chi connectivity index (χ0n) is 10.6. The summed E-state index contributed by atoms with van der Waals surface area (Å²) in [5.41, 5.74) is 7.91. The molecule has 5 nitrogen and oxygen atoms in total. The van der Waals surface area contributed by atoms with Crippen molar-refractivity contribution in [1.82, 2.24) is 9.88 Å². The van der Waals surface area contributed by atoms with Gasteiger partial charge in [-0.15, -0.1) is 0 Å². The Hall–Kier alpha value is -1.78. The van der Waals surface area contributed by atoms with Crippen LogP contribution in [0, 0.1) is 6.92 Å². The highest BCUT2D eigenvalue weighted by Gasteiger charge is 2.36. The number of fused-ring (bicyclic) bond motifs is 1. The topological polar surface area (TPSA) is 62.5 Å². The lowest BCUT2D eigenvalue weighted by atomic mass is 10.1. The molecule has 0 aliphatic carbocycles. The molecule has 2 aliphatic rings. The Balaban J connectivity index is 1.83. The Labute approximate surface area is 107 Å². The maximum Gasteiger partial charge on any atom is 0.223 e. The number of nitrogens with zero attached hydrogens (tertiary/aromatic N) is 3. The number of amides is 1. The summed E-state index contributed by atoms with van der Waals surface area (Å²) in [5.74, 6) is 1.17. The molecule has 0 aromatic carbocycles. The molecule has 1 amide bonds. The quantitative estimate of drug-likeness (QED) is 0.795. The fourth-order valence-electron chi connectivity index (χ4n) is 2.86. The molecule has 0 bridgehead atoms. The second-order valence-electron chi connectivity index (χ2n) is 5.09. The van der Waals surface area contributed by atoms with Crippen molar-refractivity contribution >= 4 is 17.4 Å². The molecule has 96 valence electrons. The van der Waals surface area contributed by atoms with E-state index in [1.165, 1.54) is 0 Å². The standard InChI is InChI=1S/C13H18N4O/c1-9-4-5-15-13(12(9)14)16-6-7-17-10(8-16)2-3-11(17)18/h4-5,10H,2-3,6-8,14H2,1H3. The van der Waals surface area contributed by atoms with Crippen molar-refractivity contribution in [2.24, 2.45) is 0 Å². The predicted octanol–water partition coefficient (Wildman–Crippen LogP) is 0.783. The highest BCUT2D eigenvalue weighted by molar-refractivity contribution is 5.79. The Kier molecular flexibility index (Phi) is 2.61. The number of carbonyl (C=O) groups is 1. The van der Waals surface area contributed by atoms with Crippen LogP contribution in [0.1, 0.15) is 18.4 Å². The average Bonchev–Trinajstić information content (AvgIpc) is 2.74. The second-order valence-corrected chi connectivity index (χ2v) is 5.09. The van der Waals surface area contributed by atoms with Gasteiger partial charge in [0.05, 0.1) is 5.69 Å². The Bertz CT molecular complexity index is 488. The Morgan fingerprint density at radius 1 is 1.44 bits per heavy atom.